The van der Waals surface area contributed by atoms with Crippen molar-refractivity contribution < 1.29 is 0 Å². The summed E-state index contributed by atoms with van der Waals surface area (Å²) in [6, 6.07) is 23.1. The molecule has 3 aromatic carbocycles. The van der Waals surface area contributed by atoms with E-state index in [9.17, 15) is 0 Å². The van der Waals surface area contributed by atoms with E-state index < -0.39 is 0 Å². The predicted molar refractivity (Wildman–Crippen MR) is 89.8 cm³/mol. The number of hydrogen-bond acceptors (Lipinski definition) is 1. The average molecular weight is 295 g/mol. The standard InChI is InChI=1S/C18H11ClS/c19-13-6-3-5-12(11-13)14-8-4-9-16-15-7-1-2-10-17(15)20-18(14)16/h1-11H. The molecule has 0 spiro atoms. The van der Waals surface area contributed by atoms with E-state index >= 15 is 0 Å². The fraction of sp³-hybridized carbons (Fsp3) is 0. The van der Waals surface area contributed by atoms with Crippen LogP contribution in [0.2, 0.25) is 5.02 Å². The molecule has 2 heteroatoms. The van der Waals surface area contributed by atoms with Crippen LogP contribution in [0.15, 0.2) is 66.7 Å². The molecule has 0 bridgehead atoms. The minimum atomic E-state index is 0.778. The zero-order valence-corrected chi connectivity index (χ0v) is 12.2. The summed E-state index contributed by atoms with van der Waals surface area (Å²) in [4.78, 5) is 0. The van der Waals surface area contributed by atoms with E-state index in [0.29, 0.717) is 0 Å². The molecule has 0 radical (unpaired) electrons. The largest absolute Gasteiger partial charge is 0.135 e. The molecule has 0 aliphatic heterocycles. The second kappa shape index (κ2) is 4.62. The first-order valence-electron chi connectivity index (χ1n) is 6.49. The van der Waals surface area contributed by atoms with Gasteiger partial charge in [-0.15, -0.1) is 11.3 Å². The average Bonchev–Trinajstić information content (AvgIpc) is 2.86. The van der Waals surface area contributed by atoms with Crippen molar-refractivity contribution in [3.8, 4) is 11.1 Å². The van der Waals surface area contributed by atoms with Crippen LogP contribution < -0.4 is 0 Å². The van der Waals surface area contributed by atoms with Crippen molar-refractivity contribution in [2.45, 2.75) is 0 Å². The van der Waals surface area contributed by atoms with Crippen LogP contribution in [0.25, 0.3) is 31.3 Å². The summed E-state index contributed by atoms with van der Waals surface area (Å²) in [6.07, 6.45) is 0. The van der Waals surface area contributed by atoms with Crippen molar-refractivity contribution in [3.05, 3.63) is 71.8 Å². The van der Waals surface area contributed by atoms with E-state index in [0.717, 1.165) is 5.02 Å². The Balaban J connectivity index is 2.10. The summed E-state index contributed by atoms with van der Waals surface area (Å²) >= 11 is 7.97. The Labute approximate surface area is 126 Å². The maximum atomic E-state index is 6.13. The quantitative estimate of drug-likeness (QED) is 0.382. The second-order valence-corrected chi connectivity index (χ2v) is 6.28. The Kier molecular flexibility index (Phi) is 2.76. The topological polar surface area (TPSA) is 0 Å². The molecule has 0 nitrogen and oxygen atoms in total. The fourth-order valence-corrected chi connectivity index (χ4v) is 4.06. The SMILES string of the molecule is Clc1cccc(-c2cccc3c2sc2ccccc23)c1. The van der Waals surface area contributed by atoms with E-state index in [-0.39, 0.29) is 0 Å². The number of hydrogen-bond donors (Lipinski definition) is 0. The third kappa shape index (κ3) is 1.82. The smallest absolute Gasteiger partial charge is 0.0433 e. The normalized spacial score (nSPS) is 11.2. The number of thiophene rings is 1. The van der Waals surface area contributed by atoms with Gasteiger partial charge in [-0.25, -0.2) is 0 Å². The molecular formula is C18H11ClS. The molecule has 0 N–H and O–H groups in total. The van der Waals surface area contributed by atoms with Crippen molar-refractivity contribution in [2.24, 2.45) is 0 Å². The Bertz CT molecular complexity index is 921. The van der Waals surface area contributed by atoms with E-state index in [2.05, 4.69) is 48.5 Å². The lowest BCUT2D eigenvalue weighted by molar-refractivity contribution is 1.67. The summed E-state index contributed by atoms with van der Waals surface area (Å²) in [5.74, 6) is 0. The van der Waals surface area contributed by atoms with Crippen LogP contribution in [0.4, 0.5) is 0 Å². The van der Waals surface area contributed by atoms with Gasteiger partial charge >= 0.3 is 0 Å². The van der Waals surface area contributed by atoms with E-state index in [1.165, 1.54) is 31.3 Å². The minimum absolute atomic E-state index is 0.778. The van der Waals surface area contributed by atoms with Crippen LogP contribution in [-0.2, 0) is 0 Å². The fourth-order valence-electron chi connectivity index (χ4n) is 2.63. The monoisotopic (exact) mass is 294 g/mol. The molecule has 0 unspecified atom stereocenters. The molecule has 0 saturated carbocycles. The Morgan fingerprint density at radius 1 is 0.750 bits per heavy atom. The van der Waals surface area contributed by atoms with Gasteiger partial charge < -0.3 is 0 Å². The summed E-state index contributed by atoms with van der Waals surface area (Å²) in [7, 11) is 0. The number of rotatable bonds is 1. The lowest BCUT2D eigenvalue weighted by atomic mass is 10.0. The van der Waals surface area contributed by atoms with Crippen molar-refractivity contribution in [2.75, 3.05) is 0 Å². The first kappa shape index (κ1) is 12.0. The lowest BCUT2D eigenvalue weighted by Gasteiger charge is -2.04. The first-order chi connectivity index (χ1) is 9.83. The van der Waals surface area contributed by atoms with Gasteiger partial charge in [-0.1, -0.05) is 60.1 Å². The Morgan fingerprint density at radius 2 is 1.55 bits per heavy atom. The predicted octanol–water partition coefficient (Wildman–Crippen LogP) is 6.37. The summed E-state index contributed by atoms with van der Waals surface area (Å²) in [6.45, 7) is 0. The molecule has 0 saturated heterocycles. The van der Waals surface area contributed by atoms with Crippen molar-refractivity contribution >= 4 is 43.1 Å². The summed E-state index contributed by atoms with van der Waals surface area (Å²) < 4.78 is 2.66. The van der Waals surface area contributed by atoms with Crippen LogP contribution in [0.5, 0.6) is 0 Å². The summed E-state index contributed by atoms with van der Waals surface area (Å²) in [5.41, 5.74) is 2.43. The highest BCUT2D eigenvalue weighted by molar-refractivity contribution is 7.26. The van der Waals surface area contributed by atoms with Crippen molar-refractivity contribution in [3.63, 3.8) is 0 Å². The van der Waals surface area contributed by atoms with Gasteiger partial charge in [0.1, 0.15) is 0 Å². The highest BCUT2D eigenvalue weighted by atomic mass is 35.5. The second-order valence-electron chi connectivity index (χ2n) is 4.79. The molecule has 96 valence electrons. The van der Waals surface area contributed by atoms with E-state index in [1.807, 2.05) is 29.5 Å². The highest BCUT2D eigenvalue weighted by Gasteiger charge is 2.09. The first-order valence-corrected chi connectivity index (χ1v) is 7.68. The van der Waals surface area contributed by atoms with Gasteiger partial charge in [0.15, 0.2) is 0 Å². The van der Waals surface area contributed by atoms with Gasteiger partial charge in [0.05, 0.1) is 0 Å². The molecule has 1 heterocycles. The van der Waals surface area contributed by atoms with E-state index in [4.69, 9.17) is 11.6 Å². The molecule has 0 atom stereocenters. The lowest BCUT2D eigenvalue weighted by Crippen LogP contribution is -1.77. The van der Waals surface area contributed by atoms with Gasteiger partial charge in [-0.05, 0) is 29.3 Å². The van der Waals surface area contributed by atoms with Gasteiger partial charge in [-0.3, -0.25) is 0 Å². The molecule has 4 aromatic rings. The third-order valence-corrected chi connectivity index (χ3v) is 4.99. The highest BCUT2D eigenvalue weighted by Crippen LogP contribution is 2.39. The Hall–Kier alpha value is -1.83. The van der Waals surface area contributed by atoms with Crippen molar-refractivity contribution in [1.82, 2.24) is 0 Å². The number of fused-ring (bicyclic) bond motifs is 3. The minimum Gasteiger partial charge on any atom is -0.135 e. The van der Waals surface area contributed by atoms with Crippen LogP contribution in [-0.4, -0.2) is 0 Å². The molecular weight excluding hydrogens is 284 g/mol. The van der Waals surface area contributed by atoms with Gasteiger partial charge in [0, 0.05) is 25.2 Å². The van der Waals surface area contributed by atoms with E-state index in [1.54, 1.807) is 0 Å². The molecule has 0 aliphatic carbocycles. The van der Waals surface area contributed by atoms with Crippen LogP contribution in [0.3, 0.4) is 0 Å². The molecule has 1 aromatic heterocycles. The van der Waals surface area contributed by atoms with Gasteiger partial charge in [0.2, 0.25) is 0 Å². The Morgan fingerprint density at radius 3 is 2.45 bits per heavy atom. The molecule has 4 rings (SSSR count). The molecule has 0 amide bonds. The number of halogens is 1. The number of benzene rings is 3. The zero-order chi connectivity index (χ0) is 13.5. The van der Waals surface area contributed by atoms with Gasteiger partial charge in [0.25, 0.3) is 0 Å². The van der Waals surface area contributed by atoms with Gasteiger partial charge in [-0.2, -0.15) is 0 Å². The molecule has 0 aliphatic rings. The summed E-state index contributed by atoms with van der Waals surface area (Å²) in [5, 5.41) is 3.43. The third-order valence-electron chi connectivity index (χ3n) is 3.54. The zero-order valence-electron chi connectivity index (χ0n) is 10.6. The van der Waals surface area contributed by atoms with Crippen molar-refractivity contribution in [1.29, 1.82) is 0 Å². The maximum absolute atomic E-state index is 6.13. The van der Waals surface area contributed by atoms with Crippen LogP contribution in [0.1, 0.15) is 0 Å². The van der Waals surface area contributed by atoms with Crippen LogP contribution >= 0.6 is 22.9 Å². The molecule has 0 fully saturated rings. The maximum Gasteiger partial charge on any atom is 0.0433 e. The molecule has 20 heavy (non-hydrogen) atoms. The van der Waals surface area contributed by atoms with Crippen LogP contribution in [0, 0.1) is 0 Å².